The first-order chi connectivity index (χ1) is 12.3. The molecule has 0 aliphatic carbocycles. The molecule has 2 saturated heterocycles. The molecule has 4 atom stereocenters. The standard InChI is InChI=1S/C21H32O3Se/c1-4-17(22-3)20(5-2)25-21-15(18-11-7-13-23-18)9-6-10-16(21)19-12-8-14-24-19/h6,9-10,17-20H,4-5,7-8,11-14H2,1-3H3/t17-,18+,19+,20+/m1/s1. The number of methoxy groups -OCH3 is 1. The summed E-state index contributed by atoms with van der Waals surface area (Å²) >= 11 is 0.370. The first-order valence-electron chi connectivity index (χ1n) is 9.83. The van der Waals surface area contributed by atoms with E-state index >= 15 is 0 Å². The van der Waals surface area contributed by atoms with Crippen molar-refractivity contribution in [1.82, 2.24) is 0 Å². The van der Waals surface area contributed by atoms with Crippen LogP contribution < -0.4 is 4.46 Å². The molecule has 3 nitrogen and oxygen atoms in total. The summed E-state index contributed by atoms with van der Waals surface area (Å²) in [7, 11) is 1.86. The molecule has 0 aromatic heterocycles. The van der Waals surface area contributed by atoms with Crippen LogP contribution in [0.2, 0.25) is 4.82 Å². The zero-order valence-electron chi connectivity index (χ0n) is 15.8. The first-order valence-corrected chi connectivity index (χ1v) is 11.7. The number of benzene rings is 1. The van der Waals surface area contributed by atoms with E-state index in [4.69, 9.17) is 14.2 Å². The average molecular weight is 411 g/mol. The van der Waals surface area contributed by atoms with E-state index in [9.17, 15) is 0 Å². The number of hydrogen-bond donors (Lipinski definition) is 0. The second-order valence-electron chi connectivity index (χ2n) is 7.02. The van der Waals surface area contributed by atoms with E-state index in [1.807, 2.05) is 7.11 Å². The van der Waals surface area contributed by atoms with Crippen LogP contribution in [0, 0.1) is 0 Å². The van der Waals surface area contributed by atoms with E-state index in [-0.39, 0.29) is 12.2 Å². The van der Waals surface area contributed by atoms with Crippen LogP contribution in [0.1, 0.15) is 75.7 Å². The van der Waals surface area contributed by atoms with Crippen molar-refractivity contribution in [2.24, 2.45) is 0 Å². The van der Waals surface area contributed by atoms with E-state index < -0.39 is 0 Å². The van der Waals surface area contributed by atoms with Crippen LogP contribution >= 0.6 is 0 Å². The number of rotatable bonds is 8. The Morgan fingerprint density at radius 1 is 1.04 bits per heavy atom. The SMILES string of the molecule is CC[C@H]([Se]c1c([C@@H]2CCCO2)cccc1[C@@H]1CCCO1)[C@@H](CC)OC. The Morgan fingerprint density at radius 2 is 1.64 bits per heavy atom. The van der Waals surface area contributed by atoms with Gasteiger partial charge in [0.2, 0.25) is 0 Å². The first kappa shape index (κ1) is 19.4. The average Bonchev–Trinajstić information content (AvgIpc) is 3.35. The summed E-state index contributed by atoms with van der Waals surface area (Å²) < 4.78 is 19.5. The second-order valence-corrected chi connectivity index (χ2v) is 9.64. The van der Waals surface area contributed by atoms with Crippen molar-refractivity contribution in [1.29, 1.82) is 0 Å². The summed E-state index contributed by atoms with van der Waals surface area (Å²) in [6.07, 6.45) is 7.79. The zero-order valence-corrected chi connectivity index (χ0v) is 17.5. The van der Waals surface area contributed by atoms with Crippen LogP contribution in [0.25, 0.3) is 0 Å². The maximum absolute atomic E-state index is 6.06. The van der Waals surface area contributed by atoms with Gasteiger partial charge in [0.05, 0.1) is 0 Å². The molecule has 0 bridgehead atoms. The van der Waals surface area contributed by atoms with Crippen molar-refractivity contribution in [3.05, 3.63) is 29.3 Å². The Kier molecular flexibility index (Phi) is 7.38. The molecular formula is C21H32O3Se. The fraction of sp³-hybridized carbons (Fsp3) is 0.714. The van der Waals surface area contributed by atoms with Crippen molar-refractivity contribution in [2.75, 3.05) is 20.3 Å². The van der Waals surface area contributed by atoms with Gasteiger partial charge in [-0.3, -0.25) is 0 Å². The molecule has 0 unspecified atom stereocenters. The van der Waals surface area contributed by atoms with E-state index in [1.165, 1.54) is 28.4 Å². The molecule has 25 heavy (non-hydrogen) atoms. The van der Waals surface area contributed by atoms with Gasteiger partial charge < -0.3 is 0 Å². The summed E-state index contributed by atoms with van der Waals surface area (Å²) in [5.41, 5.74) is 2.85. The van der Waals surface area contributed by atoms with E-state index in [2.05, 4.69) is 32.0 Å². The molecule has 1 aromatic rings. The molecule has 3 rings (SSSR count). The van der Waals surface area contributed by atoms with Crippen molar-refractivity contribution in [3.8, 4) is 0 Å². The van der Waals surface area contributed by atoms with Gasteiger partial charge >= 0.3 is 159 Å². The number of hydrogen-bond acceptors (Lipinski definition) is 3. The number of ether oxygens (including phenoxy) is 3. The van der Waals surface area contributed by atoms with E-state index in [0.717, 1.165) is 38.9 Å². The molecule has 0 spiro atoms. The summed E-state index contributed by atoms with van der Waals surface area (Å²) in [6.45, 7) is 6.33. The third-order valence-corrected chi connectivity index (χ3v) is 8.88. The third kappa shape index (κ3) is 4.48. The Morgan fingerprint density at radius 3 is 2.04 bits per heavy atom. The molecular weight excluding hydrogens is 379 g/mol. The molecule has 0 radical (unpaired) electrons. The van der Waals surface area contributed by atoms with Gasteiger partial charge in [-0.1, -0.05) is 0 Å². The molecule has 0 amide bonds. The fourth-order valence-corrected chi connectivity index (χ4v) is 7.37. The molecule has 0 saturated carbocycles. The molecule has 2 heterocycles. The molecule has 4 heteroatoms. The Bertz CT molecular complexity index is 498. The third-order valence-electron chi connectivity index (χ3n) is 5.42. The van der Waals surface area contributed by atoms with Gasteiger partial charge in [0.25, 0.3) is 0 Å². The van der Waals surface area contributed by atoms with Crippen LogP contribution in [-0.2, 0) is 14.2 Å². The van der Waals surface area contributed by atoms with Crippen LogP contribution in [0.15, 0.2) is 18.2 Å². The maximum atomic E-state index is 6.06. The topological polar surface area (TPSA) is 27.7 Å². The molecule has 2 fully saturated rings. The molecule has 2 aliphatic rings. The van der Waals surface area contributed by atoms with Crippen LogP contribution in [0.5, 0.6) is 0 Å². The van der Waals surface area contributed by atoms with Gasteiger partial charge in [0.15, 0.2) is 0 Å². The van der Waals surface area contributed by atoms with Gasteiger partial charge in [-0.2, -0.15) is 0 Å². The van der Waals surface area contributed by atoms with E-state index in [1.54, 1.807) is 0 Å². The molecule has 140 valence electrons. The summed E-state index contributed by atoms with van der Waals surface area (Å²) in [4.78, 5) is 0.602. The summed E-state index contributed by atoms with van der Waals surface area (Å²) in [5, 5.41) is 0. The molecule has 2 aliphatic heterocycles. The summed E-state index contributed by atoms with van der Waals surface area (Å²) in [5.74, 6) is 0. The van der Waals surface area contributed by atoms with Crippen molar-refractivity contribution in [2.45, 2.75) is 75.5 Å². The minimum absolute atomic E-state index is 0.276. The van der Waals surface area contributed by atoms with Gasteiger partial charge in [-0.15, -0.1) is 0 Å². The second kappa shape index (κ2) is 9.52. The Hall–Kier alpha value is -0.381. The fourth-order valence-electron chi connectivity index (χ4n) is 4.02. The van der Waals surface area contributed by atoms with Crippen molar-refractivity contribution in [3.63, 3.8) is 0 Å². The zero-order chi connectivity index (χ0) is 17.6. The van der Waals surface area contributed by atoms with Gasteiger partial charge in [0, 0.05) is 0 Å². The van der Waals surface area contributed by atoms with Crippen LogP contribution in [0.3, 0.4) is 0 Å². The molecule has 0 N–H and O–H groups in total. The van der Waals surface area contributed by atoms with Gasteiger partial charge in [0.1, 0.15) is 0 Å². The van der Waals surface area contributed by atoms with Crippen molar-refractivity contribution < 1.29 is 14.2 Å². The predicted molar refractivity (Wildman–Crippen MR) is 103 cm³/mol. The quantitative estimate of drug-likeness (QED) is 0.596. The Labute approximate surface area is 159 Å². The van der Waals surface area contributed by atoms with Gasteiger partial charge in [-0.05, 0) is 0 Å². The Balaban J connectivity index is 1.94. The normalized spacial score (nSPS) is 26.0. The monoisotopic (exact) mass is 412 g/mol. The predicted octanol–water partition coefficient (Wildman–Crippen LogP) is 4.34. The minimum atomic E-state index is 0.276. The van der Waals surface area contributed by atoms with Crippen LogP contribution in [-0.4, -0.2) is 41.4 Å². The van der Waals surface area contributed by atoms with Crippen LogP contribution in [0.4, 0.5) is 0 Å². The van der Waals surface area contributed by atoms with E-state index in [0.29, 0.717) is 25.9 Å². The van der Waals surface area contributed by atoms with Crippen molar-refractivity contribution >= 4 is 19.4 Å². The van der Waals surface area contributed by atoms with Gasteiger partial charge in [-0.25, -0.2) is 0 Å². The summed E-state index contributed by atoms with van der Waals surface area (Å²) in [6, 6.07) is 6.81. The molecule has 1 aromatic carbocycles.